The first-order valence-corrected chi connectivity index (χ1v) is 21.2. The third-order valence-corrected chi connectivity index (χ3v) is 13.1. The summed E-state index contributed by atoms with van der Waals surface area (Å²) in [5.41, 5.74) is 9.72. The van der Waals surface area contributed by atoms with Crippen LogP contribution in [-0.2, 0) is 0 Å². The van der Waals surface area contributed by atoms with Crippen LogP contribution >= 0.6 is 11.3 Å². The fraction of sp³-hybridized carbons (Fsp3) is 0. The smallest absolute Gasteiger partial charge is 0.0534 e. The zero-order valence-electron chi connectivity index (χ0n) is 33.0. The Morgan fingerprint density at radius 2 is 1.00 bits per heavy atom. The number of nitrogens with zero attached hydrogens (tertiary/aromatic N) is 1. The number of anilines is 2. The van der Waals surface area contributed by atoms with Gasteiger partial charge in [-0.2, -0.15) is 0 Å². The standard InChI is InChI=1S/C58H39NS/c1-3-15-56(38(2)53-36-42-16-4-6-20-46(42)48-22-8-10-24-50(48)53)59(44-31-28-39(29-32-44)40-30-33-58-55(35-40)52-26-12-13-27-57(52)60-58)45-19-14-18-41(34-45)54-37-43-17-5-7-21-47(43)49-23-9-11-25-51(49)54/h3-37H,1-2H2/b56-15+. The SMILES string of the molecule is C=C/C=C(\C(=C)c1cc2ccccc2c2ccccc12)N(c1ccc(-c2ccc3sc4ccccc4c3c2)cc1)c1cccc(-c2cc3ccccc3c3ccccc23)c1. The lowest BCUT2D eigenvalue weighted by Gasteiger charge is -2.30. The second-order valence-corrected chi connectivity index (χ2v) is 16.5. The maximum absolute atomic E-state index is 4.89. The number of rotatable bonds is 8. The maximum atomic E-state index is 4.89. The van der Waals surface area contributed by atoms with Gasteiger partial charge in [-0.25, -0.2) is 0 Å². The van der Waals surface area contributed by atoms with Crippen LogP contribution < -0.4 is 4.90 Å². The first kappa shape index (κ1) is 35.6. The van der Waals surface area contributed by atoms with E-state index >= 15 is 0 Å². The van der Waals surface area contributed by atoms with Crippen LogP contribution in [0.1, 0.15) is 5.56 Å². The van der Waals surface area contributed by atoms with Crippen molar-refractivity contribution in [1.82, 2.24) is 0 Å². The molecule has 282 valence electrons. The summed E-state index contributed by atoms with van der Waals surface area (Å²) in [5, 5.41) is 12.4. The molecule has 0 amide bonds. The molecule has 11 aromatic rings. The van der Waals surface area contributed by atoms with Gasteiger partial charge in [-0.1, -0.05) is 165 Å². The molecule has 0 N–H and O–H groups in total. The molecular formula is C58H39NS. The predicted molar refractivity (Wildman–Crippen MR) is 263 cm³/mol. The van der Waals surface area contributed by atoms with Crippen molar-refractivity contribution in [1.29, 1.82) is 0 Å². The molecule has 11 rings (SSSR count). The Balaban J connectivity index is 1.09. The van der Waals surface area contributed by atoms with Gasteiger partial charge in [0.2, 0.25) is 0 Å². The monoisotopic (exact) mass is 781 g/mol. The van der Waals surface area contributed by atoms with Gasteiger partial charge in [0.25, 0.3) is 0 Å². The zero-order chi connectivity index (χ0) is 40.2. The number of thiophene rings is 1. The van der Waals surface area contributed by atoms with E-state index in [2.05, 4.69) is 218 Å². The van der Waals surface area contributed by atoms with Gasteiger partial charge in [0.15, 0.2) is 0 Å². The Hall–Kier alpha value is -7.52. The van der Waals surface area contributed by atoms with Crippen LogP contribution in [0.3, 0.4) is 0 Å². The lowest BCUT2D eigenvalue weighted by molar-refractivity contribution is 1.22. The fourth-order valence-electron chi connectivity index (χ4n) is 9.11. The normalized spacial score (nSPS) is 11.9. The quantitative estimate of drug-likeness (QED) is 0.110. The summed E-state index contributed by atoms with van der Waals surface area (Å²) in [6.45, 7) is 9.12. The van der Waals surface area contributed by atoms with E-state index in [1.807, 2.05) is 17.4 Å². The van der Waals surface area contributed by atoms with Gasteiger partial charge in [-0.05, 0) is 137 Å². The van der Waals surface area contributed by atoms with Crippen molar-refractivity contribution >= 4 is 91.5 Å². The Morgan fingerprint density at radius 1 is 0.417 bits per heavy atom. The van der Waals surface area contributed by atoms with Crippen LogP contribution in [0.5, 0.6) is 0 Å². The molecule has 2 heteroatoms. The lowest BCUT2D eigenvalue weighted by Crippen LogP contribution is -2.17. The van der Waals surface area contributed by atoms with E-state index in [9.17, 15) is 0 Å². The van der Waals surface area contributed by atoms with Crippen LogP contribution in [0, 0.1) is 0 Å². The summed E-state index contributed by atoms with van der Waals surface area (Å²) in [4.78, 5) is 2.35. The molecule has 0 bridgehead atoms. The van der Waals surface area contributed by atoms with E-state index in [4.69, 9.17) is 6.58 Å². The number of fused-ring (bicyclic) bond motifs is 9. The van der Waals surface area contributed by atoms with E-state index in [0.717, 1.165) is 33.8 Å². The summed E-state index contributed by atoms with van der Waals surface area (Å²) in [7, 11) is 0. The lowest BCUT2D eigenvalue weighted by atomic mass is 9.91. The zero-order valence-corrected chi connectivity index (χ0v) is 33.8. The van der Waals surface area contributed by atoms with Gasteiger partial charge >= 0.3 is 0 Å². The summed E-state index contributed by atoms with van der Waals surface area (Å²) in [6.07, 6.45) is 3.99. The van der Waals surface area contributed by atoms with Crippen LogP contribution in [-0.4, -0.2) is 0 Å². The van der Waals surface area contributed by atoms with Gasteiger partial charge < -0.3 is 4.90 Å². The summed E-state index contributed by atoms with van der Waals surface area (Å²) in [5.74, 6) is 0. The fourth-order valence-corrected chi connectivity index (χ4v) is 10.2. The van der Waals surface area contributed by atoms with Crippen LogP contribution in [0.4, 0.5) is 11.4 Å². The molecule has 0 radical (unpaired) electrons. The molecule has 0 atom stereocenters. The second-order valence-electron chi connectivity index (χ2n) is 15.4. The number of hydrogen-bond donors (Lipinski definition) is 0. The van der Waals surface area contributed by atoms with Crippen molar-refractivity contribution in [3.63, 3.8) is 0 Å². The van der Waals surface area contributed by atoms with Crippen molar-refractivity contribution in [3.8, 4) is 22.3 Å². The molecule has 0 fully saturated rings. The van der Waals surface area contributed by atoms with Crippen molar-refractivity contribution in [3.05, 3.63) is 237 Å². The average molecular weight is 782 g/mol. The molecule has 0 aliphatic rings. The van der Waals surface area contributed by atoms with E-state index in [-0.39, 0.29) is 0 Å². The highest BCUT2D eigenvalue weighted by Gasteiger charge is 2.22. The summed E-state index contributed by atoms with van der Waals surface area (Å²) in [6, 6.07) is 72.8. The predicted octanol–water partition coefficient (Wildman–Crippen LogP) is 16.9. The van der Waals surface area contributed by atoms with Crippen molar-refractivity contribution < 1.29 is 0 Å². The van der Waals surface area contributed by atoms with E-state index in [1.165, 1.54) is 80.0 Å². The number of hydrogen-bond acceptors (Lipinski definition) is 2. The van der Waals surface area contributed by atoms with Gasteiger partial charge in [-0.3, -0.25) is 0 Å². The average Bonchev–Trinajstić information content (AvgIpc) is 3.69. The molecule has 10 aromatic carbocycles. The van der Waals surface area contributed by atoms with Crippen LogP contribution in [0.25, 0.3) is 91.1 Å². The minimum Gasteiger partial charge on any atom is -0.310 e. The van der Waals surface area contributed by atoms with E-state index in [0.29, 0.717) is 0 Å². The largest absolute Gasteiger partial charge is 0.310 e. The van der Waals surface area contributed by atoms with E-state index < -0.39 is 0 Å². The van der Waals surface area contributed by atoms with Crippen LogP contribution in [0.15, 0.2) is 231 Å². The molecule has 60 heavy (non-hydrogen) atoms. The van der Waals surface area contributed by atoms with Gasteiger partial charge in [0.1, 0.15) is 0 Å². The van der Waals surface area contributed by atoms with Gasteiger partial charge in [0.05, 0.1) is 5.70 Å². The highest BCUT2D eigenvalue weighted by molar-refractivity contribution is 7.25. The number of allylic oxidation sites excluding steroid dienone is 3. The van der Waals surface area contributed by atoms with E-state index in [1.54, 1.807) is 0 Å². The Morgan fingerprint density at radius 3 is 1.73 bits per heavy atom. The second kappa shape index (κ2) is 14.7. The minimum absolute atomic E-state index is 0.914. The van der Waals surface area contributed by atoms with Crippen molar-refractivity contribution in [2.75, 3.05) is 4.90 Å². The summed E-state index contributed by atoms with van der Waals surface area (Å²) >= 11 is 1.85. The molecule has 0 unspecified atom stereocenters. The Kier molecular flexibility index (Phi) is 8.73. The summed E-state index contributed by atoms with van der Waals surface area (Å²) < 4.78 is 2.62. The topological polar surface area (TPSA) is 3.24 Å². The molecule has 0 spiro atoms. The highest BCUT2D eigenvalue weighted by atomic mass is 32.1. The maximum Gasteiger partial charge on any atom is 0.0534 e. The molecule has 0 aliphatic heterocycles. The molecule has 1 heterocycles. The molecular weight excluding hydrogens is 743 g/mol. The van der Waals surface area contributed by atoms with Gasteiger partial charge in [-0.15, -0.1) is 11.3 Å². The Labute approximate surface area is 353 Å². The molecule has 1 nitrogen and oxygen atoms in total. The minimum atomic E-state index is 0.914. The van der Waals surface area contributed by atoms with Crippen molar-refractivity contribution in [2.45, 2.75) is 0 Å². The number of benzene rings is 10. The molecule has 0 saturated carbocycles. The van der Waals surface area contributed by atoms with Crippen molar-refractivity contribution in [2.24, 2.45) is 0 Å². The first-order chi connectivity index (χ1) is 29.6. The van der Waals surface area contributed by atoms with Crippen LogP contribution in [0.2, 0.25) is 0 Å². The molecule has 0 saturated heterocycles. The molecule has 0 aliphatic carbocycles. The van der Waals surface area contributed by atoms with Gasteiger partial charge in [0, 0.05) is 31.5 Å². The first-order valence-electron chi connectivity index (χ1n) is 20.4. The third-order valence-electron chi connectivity index (χ3n) is 11.9. The Bertz CT molecular complexity index is 3530. The highest BCUT2D eigenvalue weighted by Crippen LogP contribution is 2.43. The third kappa shape index (κ3) is 6.00. The molecule has 1 aromatic heterocycles.